The van der Waals surface area contributed by atoms with Crippen molar-refractivity contribution < 1.29 is 9.13 Å². The van der Waals surface area contributed by atoms with Crippen LogP contribution >= 0.6 is 0 Å². The monoisotopic (exact) mass is 296 g/mol. The van der Waals surface area contributed by atoms with Gasteiger partial charge in [-0.05, 0) is 36.8 Å². The molecule has 0 aromatic heterocycles. The molecule has 1 heterocycles. The van der Waals surface area contributed by atoms with Crippen LogP contribution in [0.2, 0.25) is 0 Å². The van der Waals surface area contributed by atoms with Gasteiger partial charge in [0.15, 0.2) is 6.23 Å². The molecule has 2 aromatic carbocycles. The summed E-state index contributed by atoms with van der Waals surface area (Å²) >= 11 is 0. The molecular formula is C18H17FN2O. The summed E-state index contributed by atoms with van der Waals surface area (Å²) < 4.78 is 19.6. The van der Waals surface area contributed by atoms with Gasteiger partial charge in [-0.1, -0.05) is 25.1 Å². The smallest absolute Gasteiger partial charge is 0.157 e. The fraction of sp³-hybridized carbons (Fsp3) is 0.278. The van der Waals surface area contributed by atoms with Gasteiger partial charge in [-0.2, -0.15) is 5.26 Å². The van der Waals surface area contributed by atoms with E-state index in [1.54, 1.807) is 12.1 Å². The van der Waals surface area contributed by atoms with Gasteiger partial charge in [0.2, 0.25) is 0 Å². The summed E-state index contributed by atoms with van der Waals surface area (Å²) in [5.41, 5.74) is 2.31. The molecule has 2 atom stereocenters. The maximum atomic E-state index is 13.5. The minimum atomic E-state index is -0.292. The highest BCUT2D eigenvalue weighted by atomic mass is 19.1. The minimum Gasteiger partial charge on any atom is -0.349 e. The Balaban J connectivity index is 1.97. The van der Waals surface area contributed by atoms with Crippen molar-refractivity contribution in [1.82, 2.24) is 0 Å². The molecule has 0 bridgehead atoms. The third kappa shape index (κ3) is 2.81. The second kappa shape index (κ2) is 6.17. The van der Waals surface area contributed by atoms with E-state index in [-0.39, 0.29) is 18.1 Å². The van der Waals surface area contributed by atoms with Crippen LogP contribution in [-0.2, 0) is 4.74 Å². The molecule has 0 saturated carbocycles. The molecule has 1 aliphatic heterocycles. The number of nitriles is 1. The zero-order chi connectivity index (χ0) is 15.5. The number of anilines is 1. The highest BCUT2D eigenvalue weighted by molar-refractivity contribution is 5.50. The maximum Gasteiger partial charge on any atom is 0.157 e. The Kier molecular flexibility index (Phi) is 4.08. The normalized spacial score (nSPS) is 20.9. The second-order valence-corrected chi connectivity index (χ2v) is 5.39. The van der Waals surface area contributed by atoms with E-state index in [2.05, 4.69) is 13.0 Å². The van der Waals surface area contributed by atoms with E-state index in [1.807, 2.05) is 29.2 Å². The van der Waals surface area contributed by atoms with Crippen molar-refractivity contribution in [3.05, 3.63) is 65.5 Å². The topological polar surface area (TPSA) is 36.3 Å². The van der Waals surface area contributed by atoms with Crippen molar-refractivity contribution in [2.45, 2.75) is 25.7 Å². The molecule has 0 N–H and O–H groups in total. The van der Waals surface area contributed by atoms with Crippen molar-refractivity contribution in [3.63, 3.8) is 0 Å². The first-order chi connectivity index (χ1) is 10.7. The Morgan fingerprint density at radius 1 is 1.27 bits per heavy atom. The van der Waals surface area contributed by atoms with Crippen molar-refractivity contribution in [3.8, 4) is 6.07 Å². The molecule has 0 radical (unpaired) electrons. The van der Waals surface area contributed by atoms with Crippen LogP contribution in [0.3, 0.4) is 0 Å². The van der Waals surface area contributed by atoms with E-state index in [0.29, 0.717) is 12.1 Å². The van der Waals surface area contributed by atoms with Crippen LogP contribution in [0.5, 0.6) is 0 Å². The number of halogens is 1. The molecule has 1 fully saturated rings. The summed E-state index contributed by atoms with van der Waals surface area (Å²) in [4.78, 5) is 2.05. The predicted octanol–water partition coefficient (Wildman–Crippen LogP) is 4.01. The van der Waals surface area contributed by atoms with Crippen LogP contribution in [0.25, 0.3) is 0 Å². The Labute approximate surface area is 129 Å². The van der Waals surface area contributed by atoms with Crippen molar-refractivity contribution in [2.75, 3.05) is 11.4 Å². The molecule has 3 nitrogen and oxygen atoms in total. The predicted molar refractivity (Wildman–Crippen MR) is 82.8 cm³/mol. The molecule has 3 rings (SSSR count). The van der Waals surface area contributed by atoms with Gasteiger partial charge < -0.3 is 9.64 Å². The highest BCUT2D eigenvalue weighted by Crippen LogP contribution is 2.36. The van der Waals surface area contributed by atoms with E-state index in [0.717, 1.165) is 17.7 Å². The van der Waals surface area contributed by atoms with Crippen molar-refractivity contribution in [1.29, 1.82) is 5.26 Å². The standard InChI is InChI=1S/C18H17FN2O/c1-2-17-12-21(16-8-4-7-15(19)10-16)18(22-17)14-6-3-5-13(9-14)11-20/h3-10,17-18H,2,12H2,1H3. The van der Waals surface area contributed by atoms with Crippen LogP contribution < -0.4 is 4.90 Å². The van der Waals surface area contributed by atoms with Gasteiger partial charge in [0.05, 0.1) is 17.7 Å². The minimum absolute atomic E-state index is 0.0963. The molecule has 2 unspecified atom stereocenters. The molecule has 112 valence electrons. The second-order valence-electron chi connectivity index (χ2n) is 5.39. The molecule has 0 aliphatic carbocycles. The summed E-state index contributed by atoms with van der Waals surface area (Å²) in [6.45, 7) is 2.78. The molecule has 0 spiro atoms. The number of nitrogens with zero attached hydrogens (tertiary/aromatic N) is 2. The van der Waals surface area contributed by atoms with E-state index >= 15 is 0 Å². The number of hydrogen-bond acceptors (Lipinski definition) is 3. The van der Waals surface area contributed by atoms with Crippen LogP contribution in [0.4, 0.5) is 10.1 Å². The molecule has 22 heavy (non-hydrogen) atoms. The van der Waals surface area contributed by atoms with E-state index in [9.17, 15) is 4.39 Å². The summed E-state index contributed by atoms with van der Waals surface area (Å²) in [6.07, 6.45) is 0.694. The van der Waals surface area contributed by atoms with Gasteiger partial charge in [0.1, 0.15) is 5.82 Å². The first kappa shape index (κ1) is 14.6. The third-order valence-electron chi connectivity index (χ3n) is 3.90. The van der Waals surface area contributed by atoms with E-state index < -0.39 is 0 Å². The van der Waals surface area contributed by atoms with Gasteiger partial charge in [0, 0.05) is 17.8 Å². The Hall–Kier alpha value is -2.38. The van der Waals surface area contributed by atoms with Crippen LogP contribution in [0, 0.1) is 17.1 Å². The summed E-state index contributed by atoms with van der Waals surface area (Å²) in [7, 11) is 0. The fourth-order valence-electron chi connectivity index (χ4n) is 2.76. The Bertz CT molecular complexity index is 710. The zero-order valence-corrected chi connectivity index (χ0v) is 12.4. The highest BCUT2D eigenvalue weighted by Gasteiger charge is 2.33. The van der Waals surface area contributed by atoms with Gasteiger partial charge in [-0.3, -0.25) is 0 Å². The Morgan fingerprint density at radius 3 is 2.82 bits per heavy atom. The third-order valence-corrected chi connectivity index (χ3v) is 3.90. The van der Waals surface area contributed by atoms with Crippen molar-refractivity contribution >= 4 is 5.69 Å². The summed E-state index contributed by atoms with van der Waals surface area (Å²) in [5.74, 6) is -0.262. The summed E-state index contributed by atoms with van der Waals surface area (Å²) in [6, 6.07) is 16.1. The molecular weight excluding hydrogens is 279 g/mol. The average Bonchev–Trinajstić information content (AvgIpc) is 2.99. The lowest BCUT2D eigenvalue weighted by molar-refractivity contribution is 0.0462. The first-order valence-electron chi connectivity index (χ1n) is 7.39. The molecule has 2 aromatic rings. The van der Waals surface area contributed by atoms with E-state index in [4.69, 9.17) is 10.00 Å². The van der Waals surface area contributed by atoms with Crippen LogP contribution in [-0.4, -0.2) is 12.6 Å². The van der Waals surface area contributed by atoms with E-state index in [1.165, 1.54) is 12.1 Å². The number of benzene rings is 2. The lowest BCUT2D eigenvalue weighted by Gasteiger charge is -2.25. The Morgan fingerprint density at radius 2 is 2.09 bits per heavy atom. The van der Waals surface area contributed by atoms with Gasteiger partial charge in [0.25, 0.3) is 0 Å². The van der Waals surface area contributed by atoms with Gasteiger partial charge >= 0.3 is 0 Å². The van der Waals surface area contributed by atoms with Crippen LogP contribution in [0.1, 0.15) is 30.7 Å². The average molecular weight is 296 g/mol. The lowest BCUT2D eigenvalue weighted by Crippen LogP contribution is -2.24. The molecule has 0 amide bonds. The van der Waals surface area contributed by atoms with Gasteiger partial charge in [-0.25, -0.2) is 4.39 Å². The number of rotatable bonds is 3. The van der Waals surface area contributed by atoms with Crippen LogP contribution in [0.15, 0.2) is 48.5 Å². The number of hydrogen-bond donors (Lipinski definition) is 0. The first-order valence-corrected chi connectivity index (χ1v) is 7.39. The molecule has 1 saturated heterocycles. The summed E-state index contributed by atoms with van der Waals surface area (Å²) in [5, 5.41) is 9.07. The lowest BCUT2D eigenvalue weighted by atomic mass is 10.1. The van der Waals surface area contributed by atoms with Crippen molar-refractivity contribution in [2.24, 2.45) is 0 Å². The number of ether oxygens (including phenoxy) is 1. The molecule has 1 aliphatic rings. The molecule has 4 heteroatoms. The fourth-order valence-corrected chi connectivity index (χ4v) is 2.76. The quantitative estimate of drug-likeness (QED) is 0.858. The SMILES string of the molecule is CCC1CN(c2cccc(F)c2)C(c2cccc(C#N)c2)O1. The zero-order valence-electron chi connectivity index (χ0n) is 12.4. The largest absolute Gasteiger partial charge is 0.349 e. The van der Waals surface area contributed by atoms with Gasteiger partial charge in [-0.15, -0.1) is 0 Å². The maximum absolute atomic E-state index is 13.5.